The largest absolute Gasteiger partial charge is 0.432 e. The van der Waals surface area contributed by atoms with E-state index in [1.54, 1.807) is 6.26 Å². The standard InChI is InChI=1S/C12H21N3O2/c1-3-13-7-11-9-17-12(14-11)15-5-4-6-16-10(2)8-15/h9-10,13H,3-8H2,1-2H3. The fourth-order valence-corrected chi connectivity index (χ4v) is 1.94. The van der Waals surface area contributed by atoms with E-state index in [0.717, 1.165) is 50.9 Å². The molecular weight excluding hydrogens is 218 g/mol. The third kappa shape index (κ3) is 3.44. The minimum Gasteiger partial charge on any atom is -0.432 e. The molecule has 1 aromatic heterocycles. The molecule has 5 nitrogen and oxygen atoms in total. The van der Waals surface area contributed by atoms with Gasteiger partial charge in [0.15, 0.2) is 0 Å². The minimum atomic E-state index is 0.238. The van der Waals surface area contributed by atoms with Crippen molar-refractivity contribution in [2.45, 2.75) is 32.9 Å². The van der Waals surface area contributed by atoms with Crippen LogP contribution in [0, 0.1) is 0 Å². The molecule has 1 aromatic rings. The molecule has 1 fully saturated rings. The Morgan fingerprint density at radius 1 is 1.59 bits per heavy atom. The van der Waals surface area contributed by atoms with Gasteiger partial charge < -0.3 is 19.4 Å². The second-order valence-electron chi connectivity index (χ2n) is 4.38. The van der Waals surface area contributed by atoms with Gasteiger partial charge in [0.1, 0.15) is 6.26 Å². The Morgan fingerprint density at radius 2 is 2.47 bits per heavy atom. The molecular formula is C12H21N3O2. The van der Waals surface area contributed by atoms with E-state index in [4.69, 9.17) is 9.15 Å². The topological polar surface area (TPSA) is 50.5 Å². The van der Waals surface area contributed by atoms with Crippen LogP contribution in [0.3, 0.4) is 0 Å². The van der Waals surface area contributed by atoms with Crippen LogP contribution in [0.4, 0.5) is 6.01 Å². The smallest absolute Gasteiger partial charge is 0.297 e. The van der Waals surface area contributed by atoms with Crippen LogP contribution >= 0.6 is 0 Å². The summed E-state index contributed by atoms with van der Waals surface area (Å²) in [5, 5.41) is 3.24. The molecule has 1 atom stereocenters. The SMILES string of the molecule is CCNCc1coc(N2CCCOC(C)C2)n1. The van der Waals surface area contributed by atoms with Gasteiger partial charge in [-0.15, -0.1) is 0 Å². The van der Waals surface area contributed by atoms with Crippen LogP contribution in [0.5, 0.6) is 0 Å². The molecule has 0 spiro atoms. The van der Waals surface area contributed by atoms with Crippen LogP contribution in [0.25, 0.3) is 0 Å². The van der Waals surface area contributed by atoms with Crippen molar-refractivity contribution in [1.82, 2.24) is 10.3 Å². The van der Waals surface area contributed by atoms with Crippen molar-refractivity contribution in [2.75, 3.05) is 31.1 Å². The predicted octanol–water partition coefficient (Wildman–Crippen LogP) is 1.40. The van der Waals surface area contributed by atoms with Gasteiger partial charge in [-0.05, 0) is 19.9 Å². The first-order valence-electron chi connectivity index (χ1n) is 6.31. The summed E-state index contributed by atoms with van der Waals surface area (Å²) >= 11 is 0. The van der Waals surface area contributed by atoms with Gasteiger partial charge in [0.05, 0.1) is 11.8 Å². The Balaban J connectivity index is 1.97. The highest BCUT2D eigenvalue weighted by atomic mass is 16.5. The number of oxazole rings is 1. The quantitative estimate of drug-likeness (QED) is 0.860. The van der Waals surface area contributed by atoms with Crippen molar-refractivity contribution in [3.05, 3.63) is 12.0 Å². The molecule has 0 saturated carbocycles. The zero-order valence-corrected chi connectivity index (χ0v) is 10.6. The van der Waals surface area contributed by atoms with Crippen molar-refractivity contribution in [1.29, 1.82) is 0 Å². The molecule has 1 unspecified atom stereocenters. The van der Waals surface area contributed by atoms with Gasteiger partial charge >= 0.3 is 0 Å². The summed E-state index contributed by atoms with van der Waals surface area (Å²) in [7, 11) is 0. The normalized spacial score (nSPS) is 21.5. The van der Waals surface area contributed by atoms with Crippen LogP contribution in [0.2, 0.25) is 0 Å². The molecule has 17 heavy (non-hydrogen) atoms. The van der Waals surface area contributed by atoms with Gasteiger partial charge in [0.2, 0.25) is 0 Å². The van der Waals surface area contributed by atoms with Gasteiger partial charge in [0, 0.05) is 26.2 Å². The lowest BCUT2D eigenvalue weighted by Crippen LogP contribution is -2.30. The van der Waals surface area contributed by atoms with Crippen LogP contribution < -0.4 is 10.2 Å². The van der Waals surface area contributed by atoms with E-state index in [2.05, 4.69) is 29.0 Å². The highest BCUT2D eigenvalue weighted by Crippen LogP contribution is 2.17. The summed E-state index contributed by atoms with van der Waals surface area (Å²) < 4.78 is 11.1. The Morgan fingerprint density at radius 3 is 3.29 bits per heavy atom. The number of aromatic nitrogens is 1. The van der Waals surface area contributed by atoms with E-state index >= 15 is 0 Å². The van der Waals surface area contributed by atoms with Crippen LogP contribution in [-0.2, 0) is 11.3 Å². The molecule has 1 saturated heterocycles. The highest BCUT2D eigenvalue weighted by molar-refractivity contribution is 5.27. The predicted molar refractivity (Wildman–Crippen MR) is 66.1 cm³/mol. The van der Waals surface area contributed by atoms with E-state index < -0.39 is 0 Å². The molecule has 96 valence electrons. The monoisotopic (exact) mass is 239 g/mol. The fraction of sp³-hybridized carbons (Fsp3) is 0.750. The first-order chi connectivity index (χ1) is 8.29. The number of anilines is 1. The highest BCUT2D eigenvalue weighted by Gasteiger charge is 2.19. The van der Waals surface area contributed by atoms with Gasteiger partial charge in [-0.3, -0.25) is 0 Å². The third-order valence-corrected chi connectivity index (χ3v) is 2.82. The molecule has 1 aliphatic rings. The summed E-state index contributed by atoms with van der Waals surface area (Å²) in [6.45, 7) is 8.49. The maximum atomic E-state index is 5.60. The average Bonchev–Trinajstić information content (AvgIpc) is 2.69. The second-order valence-corrected chi connectivity index (χ2v) is 4.38. The molecule has 0 radical (unpaired) electrons. The molecule has 0 aromatic carbocycles. The Bertz CT molecular complexity index is 340. The van der Waals surface area contributed by atoms with Crippen molar-refractivity contribution in [2.24, 2.45) is 0 Å². The first-order valence-corrected chi connectivity index (χ1v) is 6.31. The van der Waals surface area contributed by atoms with Crippen LogP contribution in [0.15, 0.2) is 10.7 Å². The van der Waals surface area contributed by atoms with Gasteiger partial charge in [-0.1, -0.05) is 6.92 Å². The molecule has 2 heterocycles. The number of ether oxygens (including phenoxy) is 1. The van der Waals surface area contributed by atoms with E-state index in [-0.39, 0.29) is 6.10 Å². The van der Waals surface area contributed by atoms with Crippen molar-refractivity contribution in [3.63, 3.8) is 0 Å². The maximum Gasteiger partial charge on any atom is 0.297 e. The lowest BCUT2D eigenvalue weighted by atomic mass is 10.3. The second kappa shape index (κ2) is 6.02. The van der Waals surface area contributed by atoms with Crippen molar-refractivity contribution < 1.29 is 9.15 Å². The Hall–Kier alpha value is -1.07. The van der Waals surface area contributed by atoms with E-state index in [1.165, 1.54) is 0 Å². The lowest BCUT2D eigenvalue weighted by Gasteiger charge is -2.19. The maximum absolute atomic E-state index is 5.60. The molecule has 1 aliphatic heterocycles. The molecule has 1 N–H and O–H groups in total. The fourth-order valence-electron chi connectivity index (χ4n) is 1.94. The zero-order chi connectivity index (χ0) is 12.1. The van der Waals surface area contributed by atoms with E-state index in [1.807, 2.05) is 0 Å². The molecule has 2 rings (SSSR count). The lowest BCUT2D eigenvalue weighted by molar-refractivity contribution is 0.0818. The molecule has 5 heteroatoms. The summed E-state index contributed by atoms with van der Waals surface area (Å²) in [5.41, 5.74) is 0.958. The van der Waals surface area contributed by atoms with Crippen molar-refractivity contribution in [3.8, 4) is 0 Å². The zero-order valence-electron chi connectivity index (χ0n) is 10.6. The Labute approximate surface area is 102 Å². The summed E-state index contributed by atoms with van der Waals surface area (Å²) in [6.07, 6.45) is 2.99. The van der Waals surface area contributed by atoms with Crippen LogP contribution in [0.1, 0.15) is 26.0 Å². The van der Waals surface area contributed by atoms with Gasteiger partial charge in [-0.25, -0.2) is 0 Å². The number of nitrogens with one attached hydrogen (secondary N) is 1. The molecule has 0 bridgehead atoms. The Kier molecular flexibility index (Phi) is 4.39. The third-order valence-electron chi connectivity index (χ3n) is 2.82. The average molecular weight is 239 g/mol. The van der Waals surface area contributed by atoms with E-state index in [0.29, 0.717) is 0 Å². The summed E-state index contributed by atoms with van der Waals surface area (Å²) in [6, 6.07) is 0.718. The minimum absolute atomic E-state index is 0.238. The van der Waals surface area contributed by atoms with Gasteiger partial charge in [0.25, 0.3) is 6.01 Å². The van der Waals surface area contributed by atoms with Crippen LogP contribution in [-0.4, -0.2) is 37.3 Å². The number of hydrogen-bond acceptors (Lipinski definition) is 5. The first kappa shape index (κ1) is 12.4. The number of nitrogens with zero attached hydrogens (tertiary/aromatic N) is 2. The summed E-state index contributed by atoms with van der Waals surface area (Å²) in [4.78, 5) is 6.65. The van der Waals surface area contributed by atoms with E-state index in [9.17, 15) is 0 Å². The molecule has 0 aliphatic carbocycles. The summed E-state index contributed by atoms with van der Waals surface area (Å²) in [5.74, 6) is 0. The number of hydrogen-bond donors (Lipinski definition) is 1. The number of rotatable bonds is 4. The molecule has 0 amide bonds. The van der Waals surface area contributed by atoms with Crippen molar-refractivity contribution >= 4 is 6.01 Å². The van der Waals surface area contributed by atoms with Gasteiger partial charge in [-0.2, -0.15) is 4.98 Å².